The first-order valence-corrected chi connectivity index (χ1v) is 10.3. The molecule has 2 bridgehead atoms. The van der Waals surface area contributed by atoms with E-state index in [0.717, 1.165) is 12.1 Å². The molecule has 1 aromatic rings. The molecule has 1 saturated carbocycles. The van der Waals surface area contributed by atoms with Crippen LogP contribution < -0.4 is 5.56 Å². The molecule has 0 aromatic carbocycles. The second-order valence-electron chi connectivity index (χ2n) is 8.45. The fourth-order valence-corrected chi connectivity index (χ4v) is 5.38. The lowest BCUT2D eigenvalue weighted by Gasteiger charge is -2.44. The van der Waals surface area contributed by atoms with Gasteiger partial charge in [-0.1, -0.05) is 25.3 Å². The third-order valence-electron chi connectivity index (χ3n) is 6.57. The Balaban J connectivity index is 1.61. The van der Waals surface area contributed by atoms with Gasteiger partial charge in [0.1, 0.15) is 0 Å². The van der Waals surface area contributed by atoms with Crippen LogP contribution in [-0.4, -0.2) is 39.5 Å². The highest BCUT2D eigenvalue weighted by atomic mass is 16.4. The first kappa shape index (κ1) is 18.3. The number of carboxylic acids is 1. The molecule has 0 radical (unpaired) electrons. The Hall–Kier alpha value is -2.11. The monoisotopic (exact) mass is 372 g/mol. The second-order valence-corrected chi connectivity index (χ2v) is 8.45. The van der Waals surface area contributed by atoms with Gasteiger partial charge in [-0.3, -0.25) is 14.4 Å². The van der Waals surface area contributed by atoms with E-state index < -0.39 is 5.97 Å². The van der Waals surface area contributed by atoms with E-state index in [4.69, 9.17) is 5.11 Å². The number of amides is 1. The zero-order valence-electron chi connectivity index (χ0n) is 15.7. The number of fused-ring (bicyclic) bond motifs is 4. The van der Waals surface area contributed by atoms with Crippen LogP contribution in [0, 0.1) is 5.92 Å². The molecule has 2 aliphatic heterocycles. The van der Waals surface area contributed by atoms with Crippen LogP contribution in [0.1, 0.15) is 74.5 Å². The zero-order valence-corrected chi connectivity index (χ0v) is 15.7. The lowest BCUT2D eigenvalue weighted by Crippen LogP contribution is -2.49. The zero-order chi connectivity index (χ0) is 19.0. The molecule has 6 nitrogen and oxygen atoms in total. The number of carbonyl (C=O) groups excluding carboxylic acids is 1. The summed E-state index contributed by atoms with van der Waals surface area (Å²) >= 11 is 0. The van der Waals surface area contributed by atoms with Crippen molar-refractivity contribution in [3.8, 4) is 0 Å². The fraction of sp³-hybridized carbons (Fsp3) is 0.667. The van der Waals surface area contributed by atoms with Crippen LogP contribution in [0.2, 0.25) is 0 Å². The molecule has 27 heavy (non-hydrogen) atoms. The molecule has 146 valence electrons. The molecule has 1 N–H and O–H groups in total. The van der Waals surface area contributed by atoms with Gasteiger partial charge in [-0.25, -0.2) is 0 Å². The summed E-state index contributed by atoms with van der Waals surface area (Å²) in [5, 5.41) is 8.85. The van der Waals surface area contributed by atoms with E-state index in [0.29, 0.717) is 25.6 Å². The Morgan fingerprint density at radius 1 is 1.00 bits per heavy atom. The number of aromatic nitrogens is 1. The lowest BCUT2D eigenvalue weighted by atomic mass is 9.76. The fourth-order valence-electron chi connectivity index (χ4n) is 5.38. The summed E-state index contributed by atoms with van der Waals surface area (Å²) in [6.07, 6.45) is 7.12. The summed E-state index contributed by atoms with van der Waals surface area (Å²) in [6.45, 7) is 1.92. The number of hydrogen-bond donors (Lipinski definition) is 1. The van der Waals surface area contributed by atoms with Crippen LogP contribution in [-0.2, 0) is 16.1 Å². The molecule has 3 heterocycles. The SMILES string of the molecule is O=C(O)CCC(=O)N1CC2CC(C1)c1c(C3CCCCC3)ccc(=O)n1C2. The average molecular weight is 372 g/mol. The normalized spacial score (nSPS) is 25.1. The van der Waals surface area contributed by atoms with Gasteiger partial charge in [-0.05, 0) is 36.7 Å². The van der Waals surface area contributed by atoms with E-state index in [1.54, 1.807) is 6.07 Å². The van der Waals surface area contributed by atoms with Gasteiger partial charge >= 0.3 is 5.97 Å². The van der Waals surface area contributed by atoms with Gasteiger partial charge < -0.3 is 14.6 Å². The van der Waals surface area contributed by atoms with Crippen molar-refractivity contribution in [2.75, 3.05) is 13.1 Å². The number of carboxylic acid groups (broad SMARTS) is 1. The molecule has 6 heteroatoms. The van der Waals surface area contributed by atoms with Crippen molar-refractivity contribution < 1.29 is 14.7 Å². The van der Waals surface area contributed by atoms with Crippen molar-refractivity contribution in [1.82, 2.24) is 9.47 Å². The third-order valence-corrected chi connectivity index (χ3v) is 6.57. The van der Waals surface area contributed by atoms with Crippen LogP contribution in [0.5, 0.6) is 0 Å². The predicted octanol–water partition coefficient (Wildman–Crippen LogP) is 2.71. The highest BCUT2D eigenvalue weighted by Gasteiger charge is 2.38. The highest BCUT2D eigenvalue weighted by molar-refractivity contribution is 5.80. The topological polar surface area (TPSA) is 79.6 Å². The molecular formula is C21H28N2O4. The second kappa shape index (κ2) is 7.49. The summed E-state index contributed by atoms with van der Waals surface area (Å²) in [5.41, 5.74) is 2.55. The Labute approximate surface area is 159 Å². The van der Waals surface area contributed by atoms with Crippen LogP contribution in [0.25, 0.3) is 0 Å². The van der Waals surface area contributed by atoms with Gasteiger partial charge in [-0.15, -0.1) is 0 Å². The van der Waals surface area contributed by atoms with E-state index in [1.807, 2.05) is 15.5 Å². The minimum Gasteiger partial charge on any atom is -0.481 e. The predicted molar refractivity (Wildman–Crippen MR) is 101 cm³/mol. The summed E-state index contributed by atoms with van der Waals surface area (Å²) in [6, 6.07) is 3.76. The molecule has 3 aliphatic rings. The maximum atomic E-state index is 12.5. The van der Waals surface area contributed by atoms with Crippen molar-refractivity contribution >= 4 is 11.9 Å². The number of likely N-dealkylation sites (tertiary alicyclic amines) is 1. The maximum absolute atomic E-state index is 12.5. The Kier molecular flexibility index (Phi) is 5.06. The van der Waals surface area contributed by atoms with Crippen molar-refractivity contribution in [1.29, 1.82) is 0 Å². The largest absolute Gasteiger partial charge is 0.481 e. The highest BCUT2D eigenvalue weighted by Crippen LogP contribution is 2.42. The molecule has 1 saturated heterocycles. The van der Waals surface area contributed by atoms with Crippen LogP contribution >= 0.6 is 0 Å². The summed E-state index contributed by atoms with van der Waals surface area (Å²) in [4.78, 5) is 37.7. The number of carbonyl (C=O) groups is 2. The third kappa shape index (κ3) is 3.66. The first-order valence-electron chi connectivity index (χ1n) is 10.3. The Morgan fingerprint density at radius 2 is 1.78 bits per heavy atom. The number of aliphatic carboxylic acids is 1. The molecule has 4 rings (SSSR count). The molecular weight excluding hydrogens is 344 g/mol. The number of piperidine rings is 1. The minimum atomic E-state index is -0.933. The van der Waals surface area contributed by atoms with Gasteiger partial charge in [0, 0.05) is 43.7 Å². The summed E-state index contributed by atoms with van der Waals surface area (Å²) in [5.74, 6) is -0.00763. The van der Waals surface area contributed by atoms with Gasteiger partial charge in [0.25, 0.3) is 5.56 Å². The maximum Gasteiger partial charge on any atom is 0.303 e. The van der Waals surface area contributed by atoms with Gasteiger partial charge in [0.15, 0.2) is 0 Å². The van der Waals surface area contributed by atoms with E-state index in [9.17, 15) is 14.4 Å². The molecule has 2 atom stereocenters. The van der Waals surface area contributed by atoms with E-state index in [2.05, 4.69) is 0 Å². The number of hydrogen-bond acceptors (Lipinski definition) is 3. The molecule has 1 aliphatic carbocycles. The average Bonchev–Trinajstić information content (AvgIpc) is 2.67. The van der Waals surface area contributed by atoms with Crippen LogP contribution in [0.4, 0.5) is 0 Å². The smallest absolute Gasteiger partial charge is 0.303 e. The van der Waals surface area contributed by atoms with E-state index in [-0.39, 0.29) is 36.1 Å². The first-order chi connectivity index (χ1) is 13.0. The molecule has 2 fully saturated rings. The van der Waals surface area contributed by atoms with Gasteiger partial charge in [-0.2, -0.15) is 0 Å². The number of pyridine rings is 1. The summed E-state index contributed by atoms with van der Waals surface area (Å²) in [7, 11) is 0. The number of nitrogens with zero attached hydrogens (tertiary/aromatic N) is 2. The lowest BCUT2D eigenvalue weighted by molar-refractivity contribution is -0.141. The number of rotatable bonds is 4. The van der Waals surface area contributed by atoms with Crippen molar-refractivity contribution in [2.45, 2.75) is 69.7 Å². The molecule has 2 unspecified atom stereocenters. The van der Waals surface area contributed by atoms with E-state index in [1.165, 1.54) is 37.7 Å². The molecule has 0 spiro atoms. The molecule has 1 amide bonds. The van der Waals surface area contributed by atoms with E-state index >= 15 is 0 Å². The Bertz CT molecular complexity index is 794. The van der Waals surface area contributed by atoms with Gasteiger partial charge in [0.05, 0.1) is 6.42 Å². The minimum absolute atomic E-state index is 0.0614. The van der Waals surface area contributed by atoms with Gasteiger partial charge in [0.2, 0.25) is 5.91 Å². The standard InChI is InChI=1S/C21H28N2O4/c24-18(8-9-20(26)27)22-11-14-10-16(13-22)21-17(15-4-2-1-3-5-15)6-7-19(25)23(21)12-14/h6-7,14-16H,1-5,8-13H2,(H,26,27). The van der Waals surface area contributed by atoms with Crippen LogP contribution in [0.15, 0.2) is 16.9 Å². The summed E-state index contributed by atoms with van der Waals surface area (Å²) < 4.78 is 1.97. The van der Waals surface area contributed by atoms with Crippen LogP contribution in [0.3, 0.4) is 0 Å². The van der Waals surface area contributed by atoms with Crippen molar-refractivity contribution in [3.63, 3.8) is 0 Å². The molecule has 1 aromatic heterocycles. The quantitative estimate of drug-likeness (QED) is 0.881. The van der Waals surface area contributed by atoms with Crippen molar-refractivity contribution in [2.24, 2.45) is 5.92 Å². The van der Waals surface area contributed by atoms with Crippen molar-refractivity contribution in [3.05, 3.63) is 33.7 Å². The Morgan fingerprint density at radius 3 is 2.52 bits per heavy atom.